The largest absolute Gasteiger partial charge is 0.388 e. The number of halogens is 1. The quantitative estimate of drug-likeness (QED) is 0.840. The number of rotatable bonds is 6. The number of aliphatic hydroxyl groups is 1. The molecule has 0 aromatic heterocycles. The number of carbonyl (C=O) groups is 1. The van der Waals surface area contributed by atoms with Crippen molar-refractivity contribution >= 4 is 5.91 Å². The molecule has 1 aliphatic rings. The first-order valence-electron chi connectivity index (χ1n) is 7.22. The van der Waals surface area contributed by atoms with Crippen LogP contribution < -0.4 is 5.32 Å². The second kappa shape index (κ2) is 5.52. The molecule has 0 atom stereocenters. The van der Waals surface area contributed by atoms with Gasteiger partial charge in [-0.15, -0.1) is 0 Å². The molecule has 0 spiro atoms. The fourth-order valence-electron chi connectivity index (χ4n) is 2.45. The zero-order chi connectivity index (χ0) is 14.8. The summed E-state index contributed by atoms with van der Waals surface area (Å²) in [5.74, 6) is -0.360. The average Bonchev–Trinajstić information content (AvgIpc) is 3.27. The van der Waals surface area contributed by atoms with Crippen LogP contribution >= 0.6 is 0 Å². The van der Waals surface area contributed by atoms with Crippen molar-refractivity contribution < 1.29 is 14.3 Å². The Hall–Kier alpha value is -1.42. The van der Waals surface area contributed by atoms with Crippen molar-refractivity contribution in [2.24, 2.45) is 0 Å². The Morgan fingerprint density at radius 3 is 2.30 bits per heavy atom. The molecule has 0 unspecified atom stereocenters. The molecule has 20 heavy (non-hydrogen) atoms. The predicted molar refractivity (Wildman–Crippen MR) is 75.9 cm³/mol. The molecular formula is C16H22FNO2. The number of nitrogens with one attached hydrogen (secondary N) is 1. The molecule has 110 valence electrons. The third kappa shape index (κ3) is 2.85. The summed E-state index contributed by atoms with van der Waals surface area (Å²) in [6.45, 7) is 4.08. The molecule has 3 nitrogen and oxygen atoms in total. The molecule has 0 aliphatic heterocycles. The first kappa shape index (κ1) is 15.0. The van der Waals surface area contributed by atoms with Gasteiger partial charge in [-0.25, -0.2) is 4.39 Å². The topological polar surface area (TPSA) is 49.3 Å². The summed E-state index contributed by atoms with van der Waals surface area (Å²) in [4.78, 5) is 12.4. The minimum atomic E-state index is -0.839. The monoisotopic (exact) mass is 279 g/mol. The van der Waals surface area contributed by atoms with Crippen molar-refractivity contribution in [2.75, 3.05) is 6.54 Å². The highest BCUT2D eigenvalue weighted by molar-refractivity contribution is 5.91. The standard InChI is InChI=1S/C16H22FNO2/c1-3-15(20,4-2)11-18-14(19)16(9-10-16)12-5-7-13(17)8-6-12/h5-8,20H,3-4,9-11H2,1-2H3,(H,18,19). The third-order valence-electron chi connectivity index (χ3n) is 4.48. The summed E-state index contributed by atoms with van der Waals surface area (Å²) in [6.07, 6.45) is 2.77. The van der Waals surface area contributed by atoms with Crippen molar-refractivity contribution in [1.29, 1.82) is 0 Å². The van der Waals surface area contributed by atoms with Crippen LogP contribution in [0.4, 0.5) is 4.39 Å². The molecule has 0 bridgehead atoms. The van der Waals surface area contributed by atoms with Crippen LogP contribution in [0.15, 0.2) is 24.3 Å². The minimum Gasteiger partial charge on any atom is -0.388 e. The van der Waals surface area contributed by atoms with Crippen molar-refractivity contribution in [3.8, 4) is 0 Å². The van der Waals surface area contributed by atoms with E-state index in [1.807, 2.05) is 13.8 Å². The van der Waals surface area contributed by atoms with E-state index in [2.05, 4.69) is 5.32 Å². The zero-order valence-electron chi connectivity index (χ0n) is 12.1. The van der Waals surface area contributed by atoms with Crippen LogP contribution in [0.2, 0.25) is 0 Å². The minimum absolute atomic E-state index is 0.0653. The first-order valence-corrected chi connectivity index (χ1v) is 7.22. The van der Waals surface area contributed by atoms with Crippen LogP contribution in [-0.4, -0.2) is 23.2 Å². The van der Waals surface area contributed by atoms with Crippen molar-refractivity contribution in [3.63, 3.8) is 0 Å². The molecule has 0 radical (unpaired) electrons. The summed E-state index contributed by atoms with van der Waals surface area (Å²) in [7, 11) is 0. The van der Waals surface area contributed by atoms with Crippen LogP contribution in [-0.2, 0) is 10.2 Å². The van der Waals surface area contributed by atoms with Crippen LogP contribution in [0.3, 0.4) is 0 Å². The fraction of sp³-hybridized carbons (Fsp3) is 0.562. The molecule has 1 saturated carbocycles. The highest BCUT2D eigenvalue weighted by Gasteiger charge is 2.51. The van der Waals surface area contributed by atoms with E-state index in [0.717, 1.165) is 18.4 Å². The van der Waals surface area contributed by atoms with Crippen molar-refractivity contribution in [3.05, 3.63) is 35.6 Å². The van der Waals surface area contributed by atoms with Gasteiger partial charge in [-0.05, 0) is 43.4 Å². The number of hydrogen-bond acceptors (Lipinski definition) is 2. The number of hydrogen-bond donors (Lipinski definition) is 2. The smallest absolute Gasteiger partial charge is 0.230 e. The van der Waals surface area contributed by atoms with Crippen molar-refractivity contribution in [1.82, 2.24) is 5.32 Å². The summed E-state index contributed by atoms with van der Waals surface area (Å²) in [5.41, 5.74) is -0.502. The molecule has 1 fully saturated rings. The number of amides is 1. The van der Waals surface area contributed by atoms with Gasteiger partial charge in [0.15, 0.2) is 0 Å². The van der Waals surface area contributed by atoms with Gasteiger partial charge < -0.3 is 10.4 Å². The van der Waals surface area contributed by atoms with Gasteiger partial charge in [-0.1, -0.05) is 26.0 Å². The maximum Gasteiger partial charge on any atom is 0.230 e. The first-order chi connectivity index (χ1) is 9.46. The fourth-order valence-corrected chi connectivity index (χ4v) is 2.45. The zero-order valence-corrected chi connectivity index (χ0v) is 12.1. The van der Waals surface area contributed by atoms with Gasteiger partial charge in [0.2, 0.25) is 5.91 Å². The van der Waals surface area contributed by atoms with E-state index in [0.29, 0.717) is 12.8 Å². The van der Waals surface area contributed by atoms with E-state index in [-0.39, 0.29) is 18.3 Å². The predicted octanol–water partition coefficient (Wildman–Crippen LogP) is 2.52. The van der Waals surface area contributed by atoms with Crippen molar-refractivity contribution in [2.45, 2.75) is 50.5 Å². The van der Waals surface area contributed by atoms with E-state index >= 15 is 0 Å². The molecule has 4 heteroatoms. The van der Waals surface area contributed by atoms with Gasteiger partial charge in [0.1, 0.15) is 5.82 Å². The Balaban J connectivity index is 2.04. The molecular weight excluding hydrogens is 257 g/mol. The van der Waals surface area contributed by atoms with Crippen LogP contribution in [0.5, 0.6) is 0 Å². The van der Waals surface area contributed by atoms with Gasteiger partial charge in [0.05, 0.1) is 11.0 Å². The van der Waals surface area contributed by atoms with Gasteiger partial charge >= 0.3 is 0 Å². The van der Waals surface area contributed by atoms with Gasteiger partial charge in [0.25, 0.3) is 0 Å². The average molecular weight is 279 g/mol. The molecule has 1 aromatic rings. The lowest BCUT2D eigenvalue weighted by Gasteiger charge is -2.27. The Morgan fingerprint density at radius 1 is 1.30 bits per heavy atom. The molecule has 1 amide bonds. The lowest BCUT2D eigenvalue weighted by atomic mass is 9.93. The van der Waals surface area contributed by atoms with Gasteiger partial charge in [-0.3, -0.25) is 4.79 Å². The van der Waals surface area contributed by atoms with E-state index in [9.17, 15) is 14.3 Å². The summed E-state index contributed by atoms with van der Waals surface area (Å²) in [5, 5.41) is 13.1. The maximum atomic E-state index is 13.0. The summed E-state index contributed by atoms with van der Waals surface area (Å²) < 4.78 is 13.0. The number of benzene rings is 1. The molecule has 0 saturated heterocycles. The second-order valence-corrected chi connectivity index (χ2v) is 5.70. The van der Waals surface area contributed by atoms with Crippen LogP contribution in [0.1, 0.15) is 45.1 Å². The SMILES string of the molecule is CCC(O)(CC)CNC(=O)C1(c2ccc(F)cc2)CC1. The van der Waals surface area contributed by atoms with Crippen LogP contribution in [0, 0.1) is 5.82 Å². The molecule has 2 rings (SSSR count). The molecule has 2 N–H and O–H groups in total. The lowest BCUT2D eigenvalue weighted by Crippen LogP contribution is -2.45. The Kier molecular flexibility index (Phi) is 4.14. The lowest BCUT2D eigenvalue weighted by molar-refractivity contribution is -0.125. The molecule has 1 aromatic carbocycles. The summed E-state index contributed by atoms with van der Waals surface area (Å²) in [6, 6.07) is 6.12. The van der Waals surface area contributed by atoms with Gasteiger partial charge in [0, 0.05) is 6.54 Å². The normalized spacial score (nSPS) is 16.8. The second-order valence-electron chi connectivity index (χ2n) is 5.70. The maximum absolute atomic E-state index is 13.0. The van der Waals surface area contributed by atoms with E-state index in [1.165, 1.54) is 12.1 Å². The molecule has 1 aliphatic carbocycles. The van der Waals surface area contributed by atoms with E-state index in [4.69, 9.17) is 0 Å². The highest BCUT2D eigenvalue weighted by atomic mass is 19.1. The highest BCUT2D eigenvalue weighted by Crippen LogP contribution is 2.48. The Bertz CT molecular complexity index is 476. The third-order valence-corrected chi connectivity index (χ3v) is 4.48. The van der Waals surface area contributed by atoms with E-state index in [1.54, 1.807) is 12.1 Å². The van der Waals surface area contributed by atoms with Crippen LogP contribution in [0.25, 0.3) is 0 Å². The summed E-state index contributed by atoms with van der Waals surface area (Å²) >= 11 is 0. The van der Waals surface area contributed by atoms with E-state index < -0.39 is 11.0 Å². The molecule has 0 heterocycles. The Labute approximate surface area is 119 Å². The van der Waals surface area contributed by atoms with Gasteiger partial charge in [-0.2, -0.15) is 0 Å². The Morgan fingerprint density at radius 2 is 1.85 bits per heavy atom. The number of carbonyl (C=O) groups excluding carboxylic acids is 1.